The topological polar surface area (TPSA) is 74.8 Å². The molecule has 0 unspecified atom stereocenters. The summed E-state index contributed by atoms with van der Waals surface area (Å²) < 4.78 is 4.89. The second-order valence-corrected chi connectivity index (χ2v) is 5.64. The molecule has 1 rings (SSSR count). The van der Waals surface area contributed by atoms with E-state index in [1.165, 1.54) is 25.7 Å². The molecule has 1 amide bonds. The molecule has 1 fully saturated rings. The Morgan fingerprint density at radius 1 is 1.24 bits per heavy atom. The number of rotatable bonds is 7. The maximum atomic E-state index is 11.6. The van der Waals surface area contributed by atoms with Crippen LogP contribution >= 0.6 is 0 Å². The van der Waals surface area contributed by atoms with Crippen LogP contribution in [0.1, 0.15) is 39.5 Å². The predicted octanol–water partition coefficient (Wildman–Crippen LogP) is 0.883. The third-order valence-corrected chi connectivity index (χ3v) is 3.71. The van der Waals surface area contributed by atoms with Crippen LogP contribution in [0.5, 0.6) is 0 Å². The molecule has 1 aliphatic carbocycles. The lowest BCUT2D eigenvalue weighted by molar-refractivity contribution is -0.119. The Bertz CT molecular complexity index is 326. The Kier molecular flexibility index (Phi) is 8.82. The number of nitrogens with zero attached hydrogens (tertiary/aromatic N) is 1. The first-order chi connectivity index (χ1) is 10.2. The van der Waals surface area contributed by atoms with Crippen molar-refractivity contribution in [3.05, 3.63) is 0 Å². The van der Waals surface area contributed by atoms with Gasteiger partial charge in [-0.25, -0.2) is 4.99 Å². The lowest BCUT2D eigenvalue weighted by Crippen LogP contribution is -2.45. The Balaban J connectivity index is 2.36. The van der Waals surface area contributed by atoms with Gasteiger partial charge in [-0.05, 0) is 38.5 Å². The monoisotopic (exact) mass is 298 g/mol. The van der Waals surface area contributed by atoms with Crippen molar-refractivity contribution < 1.29 is 9.53 Å². The number of ether oxygens (including phenoxy) is 1. The van der Waals surface area contributed by atoms with Gasteiger partial charge in [-0.2, -0.15) is 0 Å². The van der Waals surface area contributed by atoms with E-state index in [1.54, 1.807) is 7.11 Å². The maximum absolute atomic E-state index is 11.6. The summed E-state index contributed by atoms with van der Waals surface area (Å²) in [5.74, 6) is 1.48. The summed E-state index contributed by atoms with van der Waals surface area (Å²) >= 11 is 0. The highest BCUT2D eigenvalue weighted by Crippen LogP contribution is 2.23. The fourth-order valence-corrected chi connectivity index (χ4v) is 2.42. The molecule has 6 heteroatoms. The van der Waals surface area contributed by atoms with Crippen LogP contribution in [0.25, 0.3) is 0 Å². The van der Waals surface area contributed by atoms with E-state index >= 15 is 0 Å². The van der Waals surface area contributed by atoms with Crippen molar-refractivity contribution in [2.75, 3.05) is 33.4 Å². The first kappa shape index (κ1) is 17.8. The third-order valence-electron chi connectivity index (χ3n) is 3.71. The minimum atomic E-state index is -0.0819. The Morgan fingerprint density at radius 2 is 1.95 bits per heavy atom. The zero-order chi connectivity index (χ0) is 15.5. The molecule has 0 radical (unpaired) electrons. The predicted molar refractivity (Wildman–Crippen MR) is 85.4 cm³/mol. The molecule has 0 heterocycles. The summed E-state index contributed by atoms with van der Waals surface area (Å²) in [5, 5.41) is 9.40. The van der Waals surface area contributed by atoms with E-state index in [4.69, 9.17) is 4.74 Å². The second kappa shape index (κ2) is 10.4. The van der Waals surface area contributed by atoms with E-state index in [0.29, 0.717) is 19.2 Å². The van der Waals surface area contributed by atoms with Crippen LogP contribution in [0.4, 0.5) is 0 Å². The average molecular weight is 298 g/mol. The van der Waals surface area contributed by atoms with Crippen molar-refractivity contribution in [2.45, 2.75) is 45.6 Å². The third kappa shape index (κ3) is 7.90. The van der Waals surface area contributed by atoms with Crippen LogP contribution < -0.4 is 16.0 Å². The van der Waals surface area contributed by atoms with Gasteiger partial charge in [0.15, 0.2) is 5.96 Å². The van der Waals surface area contributed by atoms with Gasteiger partial charge in [0.05, 0.1) is 6.61 Å². The van der Waals surface area contributed by atoms with E-state index in [0.717, 1.165) is 18.4 Å². The number of carbonyl (C=O) groups excluding carboxylic acids is 1. The van der Waals surface area contributed by atoms with Crippen LogP contribution in [0.15, 0.2) is 4.99 Å². The molecule has 1 saturated carbocycles. The Hall–Kier alpha value is -1.30. The minimum Gasteiger partial charge on any atom is -0.383 e. The summed E-state index contributed by atoms with van der Waals surface area (Å²) in [5.41, 5.74) is 0. The number of hydrogen-bond donors (Lipinski definition) is 3. The second-order valence-electron chi connectivity index (χ2n) is 5.64. The van der Waals surface area contributed by atoms with E-state index in [-0.39, 0.29) is 12.5 Å². The molecule has 0 aromatic heterocycles. The molecule has 6 nitrogen and oxygen atoms in total. The van der Waals surface area contributed by atoms with Crippen LogP contribution in [0.3, 0.4) is 0 Å². The molecule has 0 spiro atoms. The molecule has 0 atom stereocenters. The summed E-state index contributed by atoms with van der Waals surface area (Å²) in [6, 6.07) is 0.468. The van der Waals surface area contributed by atoms with Crippen LogP contribution in [0, 0.1) is 5.92 Å². The largest absolute Gasteiger partial charge is 0.383 e. The van der Waals surface area contributed by atoms with Gasteiger partial charge in [-0.15, -0.1) is 0 Å². The van der Waals surface area contributed by atoms with Crippen molar-refractivity contribution in [3.63, 3.8) is 0 Å². The molecule has 0 saturated heterocycles. The summed E-state index contributed by atoms with van der Waals surface area (Å²) in [6.07, 6.45) is 4.86. The molecule has 0 aromatic carbocycles. The van der Waals surface area contributed by atoms with Crippen molar-refractivity contribution in [1.29, 1.82) is 0 Å². The lowest BCUT2D eigenvalue weighted by atomic mass is 9.87. The van der Waals surface area contributed by atoms with Gasteiger partial charge in [0.25, 0.3) is 0 Å². The standard InChI is InChI=1S/C15H30N4O2/c1-4-16-15(18-11-14(20)17-9-10-21-3)19-13-7-5-12(2)6-8-13/h12-13H,4-11H2,1-3H3,(H,17,20)(H2,16,18,19). The maximum Gasteiger partial charge on any atom is 0.241 e. The average Bonchev–Trinajstić information content (AvgIpc) is 2.47. The lowest BCUT2D eigenvalue weighted by Gasteiger charge is -2.28. The summed E-state index contributed by atoms with van der Waals surface area (Å²) in [7, 11) is 1.61. The number of carbonyl (C=O) groups is 1. The van der Waals surface area contributed by atoms with E-state index in [2.05, 4.69) is 27.9 Å². The van der Waals surface area contributed by atoms with Crippen LogP contribution in [-0.4, -0.2) is 51.3 Å². The molecular weight excluding hydrogens is 268 g/mol. The van der Waals surface area contributed by atoms with Gasteiger partial charge in [0.1, 0.15) is 6.54 Å². The zero-order valence-electron chi connectivity index (χ0n) is 13.6. The fraction of sp³-hybridized carbons (Fsp3) is 0.867. The first-order valence-electron chi connectivity index (χ1n) is 7.96. The van der Waals surface area contributed by atoms with E-state index in [9.17, 15) is 4.79 Å². The minimum absolute atomic E-state index is 0.0819. The smallest absolute Gasteiger partial charge is 0.241 e. The zero-order valence-corrected chi connectivity index (χ0v) is 13.6. The number of hydrogen-bond acceptors (Lipinski definition) is 3. The molecule has 0 aromatic rings. The quantitative estimate of drug-likeness (QED) is 0.371. The SMILES string of the molecule is CCNC(=NCC(=O)NCCOC)NC1CCC(C)CC1. The molecule has 122 valence electrons. The van der Waals surface area contributed by atoms with Gasteiger partial charge in [0.2, 0.25) is 5.91 Å². The van der Waals surface area contributed by atoms with Crippen molar-refractivity contribution >= 4 is 11.9 Å². The van der Waals surface area contributed by atoms with E-state index in [1.807, 2.05) is 6.92 Å². The van der Waals surface area contributed by atoms with Gasteiger partial charge in [0, 0.05) is 26.2 Å². The molecule has 0 bridgehead atoms. The van der Waals surface area contributed by atoms with Crippen molar-refractivity contribution in [2.24, 2.45) is 10.9 Å². The van der Waals surface area contributed by atoms with Gasteiger partial charge in [-0.1, -0.05) is 6.92 Å². The number of nitrogens with one attached hydrogen (secondary N) is 3. The Morgan fingerprint density at radius 3 is 2.57 bits per heavy atom. The number of methoxy groups -OCH3 is 1. The summed E-state index contributed by atoms with van der Waals surface area (Å²) in [6.45, 7) is 6.31. The van der Waals surface area contributed by atoms with Crippen molar-refractivity contribution in [1.82, 2.24) is 16.0 Å². The van der Waals surface area contributed by atoms with Gasteiger partial charge < -0.3 is 20.7 Å². The number of guanidine groups is 1. The van der Waals surface area contributed by atoms with Gasteiger partial charge in [-0.3, -0.25) is 4.79 Å². The Labute approximate surface area is 128 Å². The first-order valence-corrected chi connectivity index (χ1v) is 7.96. The molecule has 0 aliphatic heterocycles. The molecule has 3 N–H and O–H groups in total. The number of aliphatic imine (C=N–C) groups is 1. The number of amides is 1. The normalized spacial score (nSPS) is 22.7. The highest BCUT2D eigenvalue weighted by Gasteiger charge is 2.18. The van der Waals surface area contributed by atoms with Crippen LogP contribution in [0.2, 0.25) is 0 Å². The molecular formula is C15H30N4O2. The van der Waals surface area contributed by atoms with Crippen LogP contribution in [-0.2, 0) is 9.53 Å². The highest BCUT2D eigenvalue weighted by atomic mass is 16.5. The molecule has 21 heavy (non-hydrogen) atoms. The molecule has 1 aliphatic rings. The summed E-state index contributed by atoms with van der Waals surface area (Å²) in [4.78, 5) is 16.0. The fourth-order valence-electron chi connectivity index (χ4n) is 2.42. The van der Waals surface area contributed by atoms with E-state index < -0.39 is 0 Å². The highest BCUT2D eigenvalue weighted by molar-refractivity contribution is 5.85. The van der Waals surface area contributed by atoms with Crippen molar-refractivity contribution in [3.8, 4) is 0 Å². The van der Waals surface area contributed by atoms with Gasteiger partial charge >= 0.3 is 0 Å².